The van der Waals surface area contributed by atoms with Crippen molar-refractivity contribution in [1.82, 2.24) is 15.2 Å². The zero-order chi connectivity index (χ0) is 21.8. The van der Waals surface area contributed by atoms with Gasteiger partial charge in [-0.1, -0.05) is 30.3 Å². The topological polar surface area (TPSA) is 83.6 Å². The third-order valence-electron chi connectivity index (χ3n) is 5.10. The van der Waals surface area contributed by atoms with Crippen LogP contribution in [0.4, 0.5) is 5.13 Å². The minimum absolute atomic E-state index is 0.112. The third kappa shape index (κ3) is 5.66. The number of nitrogens with one attached hydrogen (secondary N) is 2. The second-order valence-electron chi connectivity index (χ2n) is 7.89. The summed E-state index contributed by atoms with van der Waals surface area (Å²) < 4.78 is 5.76. The second kappa shape index (κ2) is 9.55. The van der Waals surface area contributed by atoms with E-state index in [0.29, 0.717) is 10.7 Å². The van der Waals surface area contributed by atoms with E-state index in [4.69, 9.17) is 4.74 Å². The third-order valence-corrected chi connectivity index (χ3v) is 5.91. The maximum absolute atomic E-state index is 12.4. The molecule has 1 aliphatic heterocycles. The van der Waals surface area contributed by atoms with Gasteiger partial charge < -0.3 is 15.4 Å². The molecule has 0 bridgehead atoms. The molecular formula is C23H26N4O3S. The maximum atomic E-state index is 12.4. The molecule has 1 aliphatic rings. The minimum atomic E-state index is -0.302. The van der Waals surface area contributed by atoms with Gasteiger partial charge in [-0.25, -0.2) is 4.98 Å². The van der Waals surface area contributed by atoms with E-state index in [1.165, 1.54) is 11.3 Å². The van der Waals surface area contributed by atoms with E-state index in [1.807, 2.05) is 41.8 Å². The van der Waals surface area contributed by atoms with Gasteiger partial charge in [0.25, 0.3) is 5.91 Å². The van der Waals surface area contributed by atoms with E-state index < -0.39 is 0 Å². The van der Waals surface area contributed by atoms with Crippen molar-refractivity contribution in [3.05, 3.63) is 59.1 Å². The number of morpholine rings is 1. The highest BCUT2D eigenvalue weighted by Gasteiger charge is 2.22. The van der Waals surface area contributed by atoms with Crippen molar-refractivity contribution < 1.29 is 14.3 Å². The number of fused-ring (bicyclic) bond motifs is 1. The molecule has 2 atom stereocenters. The Kier molecular flexibility index (Phi) is 6.60. The van der Waals surface area contributed by atoms with Gasteiger partial charge >= 0.3 is 0 Å². The first-order valence-electron chi connectivity index (χ1n) is 10.4. The van der Waals surface area contributed by atoms with Crippen LogP contribution in [0.2, 0.25) is 0 Å². The Bertz CT molecular complexity index is 1070. The molecule has 7 nitrogen and oxygen atoms in total. The molecule has 31 heavy (non-hydrogen) atoms. The highest BCUT2D eigenvalue weighted by Crippen LogP contribution is 2.19. The average Bonchev–Trinajstić information content (AvgIpc) is 3.17. The molecule has 2 heterocycles. The van der Waals surface area contributed by atoms with Gasteiger partial charge in [0.1, 0.15) is 0 Å². The van der Waals surface area contributed by atoms with Crippen molar-refractivity contribution in [1.29, 1.82) is 0 Å². The highest BCUT2D eigenvalue weighted by atomic mass is 32.1. The summed E-state index contributed by atoms with van der Waals surface area (Å²) in [6.07, 6.45) is 0.403. The van der Waals surface area contributed by atoms with Gasteiger partial charge in [-0.2, -0.15) is 0 Å². The van der Waals surface area contributed by atoms with Crippen molar-refractivity contribution in [2.45, 2.75) is 32.6 Å². The Hall–Kier alpha value is -2.81. The molecule has 2 N–H and O–H groups in total. The SMILES string of the molecule is C[C@@H]1CN(Cc2csc(NC(=O)CNC(=O)c3ccc4ccccc4c3)n2)C[C@@H](C)O1. The summed E-state index contributed by atoms with van der Waals surface area (Å²) in [6, 6.07) is 13.3. The fourth-order valence-electron chi connectivity index (χ4n) is 3.84. The van der Waals surface area contributed by atoms with Crippen molar-refractivity contribution in [2.24, 2.45) is 0 Å². The summed E-state index contributed by atoms with van der Waals surface area (Å²) >= 11 is 1.39. The van der Waals surface area contributed by atoms with E-state index in [0.717, 1.165) is 36.1 Å². The molecule has 2 aromatic carbocycles. The number of aromatic nitrogens is 1. The predicted molar refractivity (Wildman–Crippen MR) is 122 cm³/mol. The fraction of sp³-hybridized carbons (Fsp3) is 0.348. The molecule has 0 unspecified atom stereocenters. The molecule has 162 valence electrons. The zero-order valence-electron chi connectivity index (χ0n) is 17.6. The van der Waals surface area contributed by atoms with E-state index in [9.17, 15) is 9.59 Å². The Morgan fingerprint density at radius 2 is 1.87 bits per heavy atom. The smallest absolute Gasteiger partial charge is 0.251 e. The lowest BCUT2D eigenvalue weighted by molar-refractivity contribution is -0.115. The quantitative estimate of drug-likeness (QED) is 0.617. The number of nitrogens with zero attached hydrogens (tertiary/aromatic N) is 2. The average molecular weight is 439 g/mol. The predicted octanol–water partition coefficient (Wildman–Crippen LogP) is 3.27. The van der Waals surface area contributed by atoms with Crippen molar-refractivity contribution in [2.75, 3.05) is 25.0 Å². The van der Waals surface area contributed by atoms with Gasteiger partial charge in [-0.15, -0.1) is 11.3 Å². The van der Waals surface area contributed by atoms with Crippen LogP contribution in [0, 0.1) is 0 Å². The first-order chi connectivity index (χ1) is 15.0. The molecule has 1 aromatic heterocycles. The van der Waals surface area contributed by atoms with E-state index >= 15 is 0 Å². The van der Waals surface area contributed by atoms with Crippen LogP contribution in [0.15, 0.2) is 47.8 Å². The summed E-state index contributed by atoms with van der Waals surface area (Å²) in [7, 11) is 0. The Balaban J connectivity index is 1.27. The van der Waals surface area contributed by atoms with Crippen LogP contribution in [0.5, 0.6) is 0 Å². The lowest BCUT2D eigenvalue weighted by Gasteiger charge is -2.34. The monoisotopic (exact) mass is 438 g/mol. The molecule has 4 rings (SSSR count). The molecule has 0 spiro atoms. The number of amides is 2. The molecule has 3 aromatic rings. The fourth-order valence-corrected chi connectivity index (χ4v) is 4.55. The Morgan fingerprint density at radius 1 is 1.13 bits per heavy atom. The zero-order valence-corrected chi connectivity index (χ0v) is 18.4. The molecule has 0 aliphatic carbocycles. The summed E-state index contributed by atoms with van der Waals surface area (Å²) in [5.74, 6) is -0.583. The largest absolute Gasteiger partial charge is 0.373 e. The number of ether oxygens (including phenoxy) is 1. The summed E-state index contributed by atoms with van der Waals surface area (Å²) in [6.45, 7) is 6.49. The van der Waals surface area contributed by atoms with Crippen molar-refractivity contribution >= 4 is 39.1 Å². The number of anilines is 1. The van der Waals surface area contributed by atoms with Gasteiger partial charge in [0, 0.05) is 30.6 Å². The van der Waals surface area contributed by atoms with Crippen molar-refractivity contribution in [3.8, 4) is 0 Å². The molecule has 2 amide bonds. The van der Waals surface area contributed by atoms with E-state index in [-0.39, 0.29) is 30.6 Å². The number of rotatable bonds is 6. The number of hydrogen-bond donors (Lipinski definition) is 2. The lowest BCUT2D eigenvalue weighted by Crippen LogP contribution is -2.44. The first-order valence-corrected chi connectivity index (χ1v) is 11.2. The minimum Gasteiger partial charge on any atom is -0.373 e. The number of carbonyl (C=O) groups excluding carboxylic acids is 2. The highest BCUT2D eigenvalue weighted by molar-refractivity contribution is 7.13. The summed E-state index contributed by atoms with van der Waals surface area (Å²) in [5, 5.41) is 9.97. The van der Waals surface area contributed by atoms with Crippen LogP contribution < -0.4 is 10.6 Å². The van der Waals surface area contributed by atoms with Crippen LogP contribution in [-0.4, -0.2) is 53.5 Å². The molecule has 1 fully saturated rings. The van der Waals surface area contributed by atoms with Gasteiger partial charge in [0.15, 0.2) is 5.13 Å². The number of hydrogen-bond acceptors (Lipinski definition) is 6. The molecule has 0 saturated carbocycles. The van der Waals surface area contributed by atoms with Crippen LogP contribution >= 0.6 is 11.3 Å². The maximum Gasteiger partial charge on any atom is 0.251 e. The number of benzene rings is 2. The lowest BCUT2D eigenvalue weighted by atomic mass is 10.1. The summed E-state index contributed by atoms with van der Waals surface area (Å²) in [5.41, 5.74) is 1.44. The van der Waals surface area contributed by atoms with Crippen LogP contribution in [-0.2, 0) is 16.1 Å². The van der Waals surface area contributed by atoms with Crippen molar-refractivity contribution in [3.63, 3.8) is 0 Å². The van der Waals surface area contributed by atoms with Gasteiger partial charge in [-0.05, 0) is 36.8 Å². The normalized spacial score (nSPS) is 19.3. The van der Waals surface area contributed by atoms with Gasteiger partial charge in [-0.3, -0.25) is 14.5 Å². The number of carbonyl (C=O) groups is 2. The van der Waals surface area contributed by atoms with Crippen LogP contribution in [0.1, 0.15) is 29.9 Å². The first kappa shape index (κ1) is 21.4. The second-order valence-corrected chi connectivity index (χ2v) is 8.75. The molecule has 8 heteroatoms. The molecule has 1 saturated heterocycles. The van der Waals surface area contributed by atoms with E-state index in [2.05, 4.69) is 34.4 Å². The molecule has 0 radical (unpaired) electrons. The van der Waals surface area contributed by atoms with E-state index in [1.54, 1.807) is 6.07 Å². The summed E-state index contributed by atoms with van der Waals surface area (Å²) in [4.78, 5) is 31.5. The van der Waals surface area contributed by atoms with Crippen LogP contribution in [0.3, 0.4) is 0 Å². The Morgan fingerprint density at radius 3 is 2.65 bits per heavy atom. The van der Waals surface area contributed by atoms with Gasteiger partial charge in [0.2, 0.25) is 5.91 Å². The standard InChI is InChI=1S/C23H26N4O3S/c1-15-11-27(12-16(2)30-15)13-20-14-31-23(25-20)26-21(28)10-24-22(29)19-8-7-17-5-3-4-6-18(17)9-19/h3-9,14-16H,10-13H2,1-2H3,(H,24,29)(H,25,26,28)/t15-,16-/m1/s1. The van der Waals surface area contributed by atoms with Crippen LogP contribution in [0.25, 0.3) is 10.8 Å². The molecular weight excluding hydrogens is 412 g/mol. The number of thiazole rings is 1. The Labute approximate surface area is 185 Å². The van der Waals surface area contributed by atoms with Gasteiger partial charge in [0.05, 0.1) is 24.4 Å².